The maximum Gasteiger partial charge on any atom is 0.288 e. The molecule has 1 aromatic carbocycles. The molecule has 0 aliphatic heterocycles. The van der Waals surface area contributed by atoms with Crippen molar-refractivity contribution in [3.63, 3.8) is 0 Å². The molecule has 0 atom stereocenters. The SMILES string of the molecule is CN=Cc1c(Cl)ccc([N+](=O)[O-])c1Cl. The summed E-state index contributed by atoms with van der Waals surface area (Å²) in [5, 5.41) is 10.9. The van der Waals surface area contributed by atoms with Gasteiger partial charge in [0.25, 0.3) is 5.69 Å². The van der Waals surface area contributed by atoms with E-state index in [-0.39, 0.29) is 10.7 Å². The van der Waals surface area contributed by atoms with Crippen LogP contribution in [0, 0.1) is 10.1 Å². The molecule has 4 nitrogen and oxygen atoms in total. The standard InChI is InChI=1S/C8H6Cl2N2O2/c1-11-4-5-6(9)2-3-7(8(5)10)12(13)14/h2-4H,1H3. The first-order chi connectivity index (χ1) is 6.57. The monoisotopic (exact) mass is 232 g/mol. The minimum atomic E-state index is -0.564. The van der Waals surface area contributed by atoms with Crippen LogP contribution in [0.2, 0.25) is 10.0 Å². The molecule has 0 aliphatic carbocycles. The van der Waals surface area contributed by atoms with Gasteiger partial charge in [-0.3, -0.25) is 15.1 Å². The maximum absolute atomic E-state index is 10.5. The number of rotatable bonds is 2. The molecule has 0 saturated carbocycles. The van der Waals surface area contributed by atoms with Crippen molar-refractivity contribution in [3.8, 4) is 0 Å². The van der Waals surface area contributed by atoms with Gasteiger partial charge in [-0.1, -0.05) is 23.2 Å². The molecule has 0 amide bonds. The van der Waals surface area contributed by atoms with Crippen LogP contribution in [0.25, 0.3) is 0 Å². The van der Waals surface area contributed by atoms with Gasteiger partial charge in [0.05, 0.1) is 9.95 Å². The first-order valence-electron chi connectivity index (χ1n) is 3.62. The van der Waals surface area contributed by atoms with E-state index in [1.807, 2.05) is 0 Å². The first kappa shape index (κ1) is 10.9. The van der Waals surface area contributed by atoms with E-state index >= 15 is 0 Å². The van der Waals surface area contributed by atoms with Crippen molar-refractivity contribution in [2.24, 2.45) is 4.99 Å². The number of benzene rings is 1. The molecule has 0 aromatic heterocycles. The van der Waals surface area contributed by atoms with Gasteiger partial charge in [0.1, 0.15) is 5.02 Å². The molecule has 0 saturated heterocycles. The van der Waals surface area contributed by atoms with Crippen LogP contribution in [0.15, 0.2) is 17.1 Å². The van der Waals surface area contributed by atoms with Crippen LogP contribution >= 0.6 is 23.2 Å². The molecule has 0 unspecified atom stereocenters. The number of aliphatic imine (C=N–C) groups is 1. The van der Waals surface area contributed by atoms with E-state index in [1.165, 1.54) is 25.4 Å². The predicted molar refractivity (Wildman–Crippen MR) is 56.6 cm³/mol. The van der Waals surface area contributed by atoms with E-state index < -0.39 is 4.92 Å². The summed E-state index contributed by atoms with van der Waals surface area (Å²) >= 11 is 11.6. The van der Waals surface area contributed by atoms with Crippen molar-refractivity contribution in [2.75, 3.05) is 7.05 Å². The van der Waals surface area contributed by atoms with Crippen molar-refractivity contribution >= 4 is 35.1 Å². The molecular formula is C8H6Cl2N2O2. The van der Waals surface area contributed by atoms with Crippen LogP contribution in [-0.2, 0) is 0 Å². The molecule has 6 heteroatoms. The van der Waals surface area contributed by atoms with Gasteiger partial charge in [-0.15, -0.1) is 0 Å². The smallest absolute Gasteiger partial charge is 0.288 e. The minimum Gasteiger partial charge on any atom is -0.296 e. The zero-order chi connectivity index (χ0) is 10.7. The number of nitrogens with zero attached hydrogens (tertiary/aromatic N) is 2. The highest BCUT2D eigenvalue weighted by Gasteiger charge is 2.16. The van der Waals surface area contributed by atoms with Crippen LogP contribution in [0.1, 0.15) is 5.56 Å². The largest absolute Gasteiger partial charge is 0.296 e. The van der Waals surface area contributed by atoms with Gasteiger partial charge in [0, 0.05) is 24.9 Å². The number of nitro groups is 1. The molecule has 74 valence electrons. The number of hydrogen-bond acceptors (Lipinski definition) is 3. The Morgan fingerprint density at radius 2 is 2.14 bits per heavy atom. The maximum atomic E-state index is 10.5. The molecule has 0 bridgehead atoms. The van der Waals surface area contributed by atoms with Gasteiger partial charge < -0.3 is 0 Å². The van der Waals surface area contributed by atoms with Crippen molar-refractivity contribution < 1.29 is 4.92 Å². The van der Waals surface area contributed by atoms with Crippen molar-refractivity contribution in [1.29, 1.82) is 0 Å². The summed E-state index contributed by atoms with van der Waals surface area (Å²) < 4.78 is 0. The van der Waals surface area contributed by atoms with E-state index in [2.05, 4.69) is 4.99 Å². The van der Waals surface area contributed by atoms with Crippen molar-refractivity contribution in [2.45, 2.75) is 0 Å². The molecule has 1 rings (SSSR count). The molecule has 14 heavy (non-hydrogen) atoms. The summed E-state index contributed by atoms with van der Waals surface area (Å²) in [5.41, 5.74) is 0.191. The molecule has 0 fully saturated rings. The predicted octanol–water partition coefficient (Wildman–Crippen LogP) is 2.95. The quantitative estimate of drug-likeness (QED) is 0.448. The number of nitro benzene ring substituents is 1. The van der Waals surface area contributed by atoms with Crippen LogP contribution in [0.5, 0.6) is 0 Å². The average Bonchev–Trinajstić information content (AvgIpc) is 2.11. The fourth-order valence-corrected chi connectivity index (χ4v) is 1.48. The van der Waals surface area contributed by atoms with E-state index in [0.29, 0.717) is 10.6 Å². The second-order valence-corrected chi connectivity index (χ2v) is 3.22. The van der Waals surface area contributed by atoms with E-state index in [0.717, 1.165) is 0 Å². The van der Waals surface area contributed by atoms with Crippen LogP contribution in [0.4, 0.5) is 5.69 Å². The molecule has 0 N–H and O–H groups in total. The lowest BCUT2D eigenvalue weighted by atomic mass is 10.2. The summed E-state index contributed by atoms with van der Waals surface area (Å²) in [6.07, 6.45) is 1.39. The second-order valence-electron chi connectivity index (χ2n) is 2.44. The summed E-state index contributed by atoms with van der Waals surface area (Å²) in [6.45, 7) is 0. The lowest BCUT2D eigenvalue weighted by Gasteiger charge is -2.01. The van der Waals surface area contributed by atoms with Gasteiger partial charge in [-0.25, -0.2) is 0 Å². The second kappa shape index (κ2) is 4.39. The van der Waals surface area contributed by atoms with Crippen LogP contribution < -0.4 is 0 Å². The van der Waals surface area contributed by atoms with E-state index in [4.69, 9.17) is 23.2 Å². The fraction of sp³-hybridized carbons (Fsp3) is 0.125. The Balaban J connectivity index is 3.40. The molecule has 0 radical (unpaired) electrons. The lowest BCUT2D eigenvalue weighted by molar-refractivity contribution is -0.384. The summed E-state index contributed by atoms with van der Waals surface area (Å²) in [5.74, 6) is 0. The average molecular weight is 233 g/mol. The van der Waals surface area contributed by atoms with Crippen LogP contribution in [0.3, 0.4) is 0 Å². The Kier molecular flexibility index (Phi) is 3.43. The van der Waals surface area contributed by atoms with Gasteiger partial charge in [0.2, 0.25) is 0 Å². The Morgan fingerprint density at radius 1 is 1.50 bits per heavy atom. The summed E-state index contributed by atoms with van der Waals surface area (Å²) in [4.78, 5) is 13.7. The Bertz CT molecular complexity index is 405. The summed E-state index contributed by atoms with van der Waals surface area (Å²) in [6, 6.07) is 2.68. The molecule has 0 spiro atoms. The normalized spacial score (nSPS) is 10.8. The fourth-order valence-electron chi connectivity index (χ4n) is 0.946. The zero-order valence-electron chi connectivity index (χ0n) is 7.20. The first-order valence-corrected chi connectivity index (χ1v) is 4.38. The molecule has 0 heterocycles. The third kappa shape index (κ3) is 2.02. The van der Waals surface area contributed by atoms with Gasteiger partial charge in [-0.05, 0) is 6.07 Å². The van der Waals surface area contributed by atoms with E-state index in [1.54, 1.807) is 0 Å². The third-order valence-electron chi connectivity index (χ3n) is 1.56. The topological polar surface area (TPSA) is 55.5 Å². The Labute approximate surface area is 90.3 Å². The molecule has 1 aromatic rings. The number of halogens is 2. The van der Waals surface area contributed by atoms with Crippen LogP contribution in [-0.4, -0.2) is 18.2 Å². The molecular weight excluding hydrogens is 227 g/mol. The zero-order valence-corrected chi connectivity index (χ0v) is 8.71. The van der Waals surface area contributed by atoms with Crippen molar-refractivity contribution in [1.82, 2.24) is 0 Å². The highest BCUT2D eigenvalue weighted by atomic mass is 35.5. The Morgan fingerprint density at radius 3 is 2.64 bits per heavy atom. The van der Waals surface area contributed by atoms with Gasteiger partial charge >= 0.3 is 0 Å². The minimum absolute atomic E-state index is 0.00750. The Hall–Kier alpha value is -1.13. The lowest BCUT2D eigenvalue weighted by Crippen LogP contribution is -1.93. The highest BCUT2D eigenvalue weighted by molar-refractivity contribution is 6.40. The third-order valence-corrected chi connectivity index (χ3v) is 2.29. The summed E-state index contributed by atoms with van der Waals surface area (Å²) in [7, 11) is 1.53. The van der Waals surface area contributed by atoms with Gasteiger partial charge in [-0.2, -0.15) is 0 Å². The number of hydrogen-bond donors (Lipinski definition) is 0. The van der Waals surface area contributed by atoms with Crippen molar-refractivity contribution in [3.05, 3.63) is 37.9 Å². The van der Waals surface area contributed by atoms with E-state index in [9.17, 15) is 10.1 Å². The van der Waals surface area contributed by atoms with Gasteiger partial charge in [0.15, 0.2) is 0 Å². The highest BCUT2D eigenvalue weighted by Crippen LogP contribution is 2.31. The molecule has 0 aliphatic rings.